The molecule has 1 aromatic rings. The van der Waals surface area contributed by atoms with Crippen molar-refractivity contribution in [2.75, 3.05) is 6.54 Å². The van der Waals surface area contributed by atoms with Crippen molar-refractivity contribution in [3.63, 3.8) is 0 Å². The van der Waals surface area contributed by atoms with E-state index in [9.17, 15) is 0 Å². The molecule has 1 aromatic heterocycles. The Morgan fingerprint density at radius 3 is 2.89 bits per heavy atom. The van der Waals surface area contributed by atoms with Crippen molar-refractivity contribution >= 4 is 15.9 Å². The predicted octanol–water partition coefficient (Wildman–Crippen LogP) is 3.80. The maximum Gasteiger partial charge on any atom is 0.0413 e. The zero-order chi connectivity index (χ0) is 13.0. The highest BCUT2D eigenvalue weighted by Crippen LogP contribution is 2.34. The normalized spacial score (nSPS) is 27.6. The van der Waals surface area contributed by atoms with Crippen molar-refractivity contribution in [1.29, 1.82) is 0 Å². The van der Waals surface area contributed by atoms with Crippen LogP contribution in [0.25, 0.3) is 0 Å². The number of halogens is 1. The summed E-state index contributed by atoms with van der Waals surface area (Å²) >= 11 is 3.44. The lowest BCUT2D eigenvalue weighted by molar-refractivity contribution is 0.349. The van der Waals surface area contributed by atoms with E-state index in [1.54, 1.807) is 0 Å². The summed E-state index contributed by atoms with van der Waals surface area (Å²) in [4.78, 5) is 4.50. The molecule has 1 N–H and O–H groups in total. The van der Waals surface area contributed by atoms with Crippen LogP contribution in [0.3, 0.4) is 0 Å². The van der Waals surface area contributed by atoms with Crippen LogP contribution in [-0.4, -0.2) is 17.6 Å². The van der Waals surface area contributed by atoms with Gasteiger partial charge in [0.2, 0.25) is 0 Å². The van der Waals surface area contributed by atoms with Crippen molar-refractivity contribution in [2.45, 2.75) is 45.6 Å². The number of pyridine rings is 1. The van der Waals surface area contributed by atoms with E-state index in [1.807, 2.05) is 6.20 Å². The minimum atomic E-state index is 0.713. The number of hydrogen-bond acceptors (Lipinski definition) is 2. The molecule has 3 atom stereocenters. The van der Waals surface area contributed by atoms with E-state index in [-0.39, 0.29) is 0 Å². The van der Waals surface area contributed by atoms with Crippen molar-refractivity contribution in [1.82, 2.24) is 10.3 Å². The quantitative estimate of drug-likeness (QED) is 0.894. The molecule has 0 spiro atoms. The van der Waals surface area contributed by atoms with Gasteiger partial charge in [-0.1, -0.05) is 13.8 Å². The highest BCUT2D eigenvalue weighted by Gasteiger charge is 2.32. The van der Waals surface area contributed by atoms with Gasteiger partial charge in [0.25, 0.3) is 0 Å². The van der Waals surface area contributed by atoms with Crippen LogP contribution in [0.4, 0.5) is 0 Å². The summed E-state index contributed by atoms with van der Waals surface area (Å²) in [6, 6.07) is 4.95. The Hall–Kier alpha value is -0.410. The van der Waals surface area contributed by atoms with Gasteiger partial charge in [-0.15, -0.1) is 0 Å². The Bertz CT molecular complexity index is 363. The van der Waals surface area contributed by atoms with E-state index in [4.69, 9.17) is 0 Å². The number of nitrogens with one attached hydrogen (secondary N) is 1. The lowest BCUT2D eigenvalue weighted by atomic mass is 9.91. The second-order valence-corrected chi connectivity index (χ2v) is 6.34. The third-order valence-electron chi connectivity index (χ3n) is 4.14. The molecule has 3 unspecified atom stereocenters. The molecular formula is C15H23BrN2. The smallest absolute Gasteiger partial charge is 0.0413 e. The van der Waals surface area contributed by atoms with Crippen molar-refractivity contribution < 1.29 is 0 Å². The summed E-state index contributed by atoms with van der Waals surface area (Å²) in [5.74, 6) is 1.55. The molecule has 0 saturated heterocycles. The van der Waals surface area contributed by atoms with Gasteiger partial charge < -0.3 is 5.32 Å². The molecule has 0 aromatic carbocycles. The van der Waals surface area contributed by atoms with Crippen molar-refractivity contribution in [3.05, 3.63) is 28.5 Å². The first-order chi connectivity index (χ1) is 8.70. The molecular weight excluding hydrogens is 288 g/mol. The minimum Gasteiger partial charge on any atom is -0.314 e. The van der Waals surface area contributed by atoms with Gasteiger partial charge in [-0.2, -0.15) is 0 Å². The van der Waals surface area contributed by atoms with E-state index in [0.717, 1.165) is 29.3 Å². The van der Waals surface area contributed by atoms with Gasteiger partial charge in [0.15, 0.2) is 0 Å². The number of nitrogens with zero attached hydrogens (tertiary/aromatic N) is 1. The molecule has 0 bridgehead atoms. The van der Waals surface area contributed by atoms with Gasteiger partial charge >= 0.3 is 0 Å². The van der Waals surface area contributed by atoms with Crippen LogP contribution in [0.5, 0.6) is 0 Å². The second kappa shape index (κ2) is 6.67. The molecule has 2 nitrogen and oxygen atoms in total. The van der Waals surface area contributed by atoms with Crippen LogP contribution in [-0.2, 0) is 6.42 Å². The van der Waals surface area contributed by atoms with Crippen LogP contribution in [0.15, 0.2) is 22.8 Å². The minimum absolute atomic E-state index is 0.713. The van der Waals surface area contributed by atoms with E-state index in [0.29, 0.717) is 6.04 Å². The number of rotatable bonds is 5. The molecule has 1 aliphatic rings. The van der Waals surface area contributed by atoms with Crippen LogP contribution in [0.1, 0.15) is 38.8 Å². The predicted molar refractivity (Wildman–Crippen MR) is 79.6 cm³/mol. The van der Waals surface area contributed by atoms with Crippen LogP contribution in [0.2, 0.25) is 0 Å². The molecule has 18 heavy (non-hydrogen) atoms. The fourth-order valence-corrected chi connectivity index (χ4v) is 3.18. The standard InChI is InChI=1S/C15H23BrN2/c1-3-8-17-15-7-4-12(11(15)2)9-14-6-5-13(16)10-18-14/h5-6,10-12,15,17H,3-4,7-9H2,1-2H3. The fraction of sp³-hybridized carbons (Fsp3) is 0.667. The molecule has 100 valence electrons. The average Bonchev–Trinajstić information content (AvgIpc) is 2.71. The molecule has 2 rings (SSSR count). The Morgan fingerprint density at radius 2 is 2.22 bits per heavy atom. The van der Waals surface area contributed by atoms with Crippen LogP contribution < -0.4 is 5.32 Å². The molecule has 1 heterocycles. The molecule has 3 heteroatoms. The van der Waals surface area contributed by atoms with Crippen LogP contribution >= 0.6 is 15.9 Å². The largest absolute Gasteiger partial charge is 0.314 e. The number of aromatic nitrogens is 1. The first-order valence-electron chi connectivity index (χ1n) is 7.04. The van der Waals surface area contributed by atoms with E-state index >= 15 is 0 Å². The topological polar surface area (TPSA) is 24.9 Å². The highest BCUT2D eigenvalue weighted by atomic mass is 79.9. The Labute approximate surface area is 119 Å². The van der Waals surface area contributed by atoms with Gasteiger partial charge in [0, 0.05) is 22.4 Å². The molecule has 1 fully saturated rings. The van der Waals surface area contributed by atoms with E-state index < -0.39 is 0 Å². The highest BCUT2D eigenvalue weighted by molar-refractivity contribution is 9.10. The third kappa shape index (κ3) is 3.55. The van der Waals surface area contributed by atoms with Gasteiger partial charge in [-0.25, -0.2) is 0 Å². The fourth-order valence-electron chi connectivity index (χ4n) is 2.95. The monoisotopic (exact) mass is 310 g/mol. The zero-order valence-corrected chi connectivity index (χ0v) is 12.9. The van der Waals surface area contributed by atoms with Gasteiger partial charge in [-0.3, -0.25) is 4.98 Å². The van der Waals surface area contributed by atoms with Gasteiger partial charge in [0.05, 0.1) is 0 Å². The molecule has 1 saturated carbocycles. The summed E-state index contributed by atoms with van der Waals surface area (Å²) in [6.45, 7) is 5.78. The van der Waals surface area contributed by atoms with E-state index in [2.05, 4.69) is 52.2 Å². The first-order valence-corrected chi connectivity index (χ1v) is 7.83. The average molecular weight is 311 g/mol. The Kier molecular flexibility index (Phi) is 5.19. The third-order valence-corrected chi connectivity index (χ3v) is 4.61. The maximum atomic E-state index is 4.50. The Morgan fingerprint density at radius 1 is 1.39 bits per heavy atom. The first kappa shape index (κ1) is 14.0. The lowest BCUT2D eigenvalue weighted by Crippen LogP contribution is -2.33. The maximum absolute atomic E-state index is 4.50. The van der Waals surface area contributed by atoms with E-state index in [1.165, 1.54) is 25.0 Å². The summed E-state index contributed by atoms with van der Waals surface area (Å²) in [5.41, 5.74) is 1.23. The Balaban J connectivity index is 1.89. The van der Waals surface area contributed by atoms with Gasteiger partial charge in [-0.05, 0) is 72.1 Å². The van der Waals surface area contributed by atoms with Crippen molar-refractivity contribution in [3.8, 4) is 0 Å². The molecule has 0 aliphatic heterocycles. The number of hydrogen-bond donors (Lipinski definition) is 1. The SMILES string of the molecule is CCCNC1CCC(Cc2ccc(Br)cn2)C1C. The summed E-state index contributed by atoms with van der Waals surface area (Å²) in [5, 5.41) is 3.68. The summed E-state index contributed by atoms with van der Waals surface area (Å²) < 4.78 is 1.06. The van der Waals surface area contributed by atoms with Gasteiger partial charge in [0.1, 0.15) is 0 Å². The second-order valence-electron chi connectivity index (χ2n) is 5.43. The lowest BCUT2D eigenvalue weighted by Gasteiger charge is -2.21. The summed E-state index contributed by atoms with van der Waals surface area (Å²) in [6.07, 6.45) is 6.91. The van der Waals surface area contributed by atoms with Crippen molar-refractivity contribution in [2.24, 2.45) is 11.8 Å². The van der Waals surface area contributed by atoms with Crippen LogP contribution in [0, 0.1) is 11.8 Å². The molecule has 1 aliphatic carbocycles. The molecule has 0 radical (unpaired) electrons. The zero-order valence-electron chi connectivity index (χ0n) is 11.3. The summed E-state index contributed by atoms with van der Waals surface area (Å²) in [7, 11) is 0. The molecule has 0 amide bonds.